The summed E-state index contributed by atoms with van der Waals surface area (Å²) in [5.41, 5.74) is 6.26. The predicted octanol–water partition coefficient (Wildman–Crippen LogP) is 3.04. The van der Waals surface area contributed by atoms with Crippen LogP contribution < -0.4 is 11.1 Å². The van der Waals surface area contributed by atoms with Crippen LogP contribution in [0.25, 0.3) is 10.2 Å². The number of amides is 3. The summed E-state index contributed by atoms with van der Waals surface area (Å²) in [5, 5.41) is 3.60. The fourth-order valence-corrected chi connectivity index (χ4v) is 4.45. The van der Waals surface area contributed by atoms with Crippen LogP contribution in [0.1, 0.15) is 44.2 Å². The zero-order valence-electron chi connectivity index (χ0n) is 14.6. The number of hydrogen-bond acceptors (Lipinski definition) is 4. The molecule has 0 bridgehead atoms. The smallest absolute Gasteiger partial charge is 0.312 e. The molecule has 1 fully saturated rings. The van der Waals surface area contributed by atoms with E-state index >= 15 is 0 Å². The Morgan fingerprint density at radius 3 is 2.88 bits per heavy atom. The summed E-state index contributed by atoms with van der Waals surface area (Å²) in [5.74, 6) is -0.0356. The van der Waals surface area contributed by atoms with Gasteiger partial charge in [0.15, 0.2) is 0 Å². The van der Waals surface area contributed by atoms with E-state index in [9.17, 15) is 9.59 Å². The van der Waals surface area contributed by atoms with Gasteiger partial charge in [0.1, 0.15) is 11.0 Å². The Balaban J connectivity index is 1.86. The van der Waals surface area contributed by atoms with Gasteiger partial charge in [-0.25, -0.2) is 9.78 Å². The van der Waals surface area contributed by atoms with Crippen LogP contribution in [0.5, 0.6) is 0 Å². The molecule has 0 spiro atoms. The third kappa shape index (κ3) is 3.61. The second-order valence-electron chi connectivity index (χ2n) is 6.58. The minimum Gasteiger partial charge on any atom is -0.352 e. The third-order valence-electron chi connectivity index (χ3n) is 4.91. The molecule has 134 valence electrons. The van der Waals surface area contributed by atoms with Crippen LogP contribution in [0.15, 0.2) is 24.3 Å². The molecule has 3 rings (SSSR count). The van der Waals surface area contributed by atoms with Crippen molar-refractivity contribution < 1.29 is 9.59 Å². The van der Waals surface area contributed by atoms with Gasteiger partial charge in [0.2, 0.25) is 5.91 Å². The number of urea groups is 1. The number of thiazole rings is 1. The van der Waals surface area contributed by atoms with Crippen molar-refractivity contribution in [3.05, 3.63) is 29.3 Å². The number of carbonyl (C=O) groups is 2. The van der Waals surface area contributed by atoms with Crippen molar-refractivity contribution >= 4 is 33.5 Å². The van der Waals surface area contributed by atoms with Gasteiger partial charge < -0.3 is 16.0 Å². The first-order valence-corrected chi connectivity index (χ1v) is 9.54. The molecule has 3 amide bonds. The van der Waals surface area contributed by atoms with Crippen LogP contribution in [0.2, 0.25) is 0 Å². The first kappa shape index (κ1) is 17.7. The molecule has 2 aromatic rings. The molecule has 1 aliphatic rings. The van der Waals surface area contributed by atoms with E-state index in [1.54, 1.807) is 11.3 Å². The van der Waals surface area contributed by atoms with Crippen LogP contribution in [0.4, 0.5) is 4.79 Å². The molecule has 1 aromatic heterocycles. The lowest BCUT2D eigenvalue weighted by Gasteiger charge is -2.30. The molecule has 0 saturated carbocycles. The van der Waals surface area contributed by atoms with Crippen molar-refractivity contribution in [3.63, 3.8) is 0 Å². The maximum Gasteiger partial charge on any atom is 0.312 e. The molecule has 25 heavy (non-hydrogen) atoms. The average Bonchev–Trinajstić information content (AvgIpc) is 3.24. The maximum atomic E-state index is 13.1. The van der Waals surface area contributed by atoms with Crippen LogP contribution in [0, 0.1) is 5.92 Å². The van der Waals surface area contributed by atoms with Gasteiger partial charge in [-0.2, -0.15) is 0 Å². The Morgan fingerprint density at radius 2 is 2.20 bits per heavy atom. The summed E-state index contributed by atoms with van der Waals surface area (Å²) in [6, 6.07) is 6.75. The number of fused-ring (bicyclic) bond motifs is 1. The highest BCUT2D eigenvalue weighted by Crippen LogP contribution is 2.37. The summed E-state index contributed by atoms with van der Waals surface area (Å²) < 4.78 is 1.13. The highest BCUT2D eigenvalue weighted by Gasteiger charge is 2.37. The fraction of sp³-hybridized carbons (Fsp3) is 0.500. The van der Waals surface area contributed by atoms with Crippen molar-refractivity contribution in [1.29, 1.82) is 0 Å². The summed E-state index contributed by atoms with van der Waals surface area (Å²) in [6.07, 6.45) is 2.63. The van der Waals surface area contributed by atoms with Gasteiger partial charge in [0.05, 0.1) is 16.3 Å². The Kier molecular flexibility index (Phi) is 5.22. The molecule has 1 aromatic carbocycles. The Labute approximate surface area is 151 Å². The Bertz CT molecular complexity index is 742. The van der Waals surface area contributed by atoms with Gasteiger partial charge in [-0.1, -0.05) is 32.4 Å². The minimum absolute atomic E-state index is 0.0221. The van der Waals surface area contributed by atoms with E-state index in [-0.39, 0.29) is 17.9 Å². The number of nitrogens with two attached hydrogens (primary N) is 1. The number of benzene rings is 1. The molecule has 0 radical (unpaired) electrons. The lowest BCUT2D eigenvalue weighted by molar-refractivity contribution is -0.135. The largest absolute Gasteiger partial charge is 0.352 e. The third-order valence-corrected chi connectivity index (χ3v) is 6.05. The van der Waals surface area contributed by atoms with Gasteiger partial charge >= 0.3 is 6.03 Å². The van der Waals surface area contributed by atoms with Crippen molar-refractivity contribution in [2.45, 2.75) is 45.2 Å². The fourth-order valence-electron chi connectivity index (χ4n) is 3.33. The van der Waals surface area contributed by atoms with Gasteiger partial charge in [-0.15, -0.1) is 11.3 Å². The van der Waals surface area contributed by atoms with E-state index in [1.165, 1.54) is 0 Å². The summed E-state index contributed by atoms with van der Waals surface area (Å²) in [7, 11) is 0. The number of para-hydroxylation sites is 1. The predicted molar refractivity (Wildman–Crippen MR) is 99.3 cm³/mol. The van der Waals surface area contributed by atoms with E-state index < -0.39 is 12.1 Å². The second-order valence-corrected chi connectivity index (χ2v) is 7.64. The topological polar surface area (TPSA) is 88.3 Å². The number of nitrogens with zero attached hydrogens (tertiary/aromatic N) is 2. The van der Waals surface area contributed by atoms with E-state index in [4.69, 9.17) is 10.7 Å². The maximum absolute atomic E-state index is 13.1. The van der Waals surface area contributed by atoms with E-state index in [2.05, 4.69) is 5.32 Å². The lowest BCUT2D eigenvalue weighted by Crippen LogP contribution is -2.52. The summed E-state index contributed by atoms with van der Waals surface area (Å²) >= 11 is 1.64. The number of likely N-dealkylation sites (tertiary alicyclic amines) is 1. The molecular weight excluding hydrogens is 336 g/mol. The number of rotatable bonds is 5. The molecule has 3 atom stereocenters. The molecule has 1 saturated heterocycles. The monoisotopic (exact) mass is 360 g/mol. The van der Waals surface area contributed by atoms with Gasteiger partial charge in [0.25, 0.3) is 0 Å². The minimum atomic E-state index is -0.658. The molecule has 0 unspecified atom stereocenters. The van der Waals surface area contributed by atoms with Crippen molar-refractivity contribution in [2.75, 3.05) is 6.54 Å². The Hall–Kier alpha value is -2.15. The van der Waals surface area contributed by atoms with Gasteiger partial charge in [-0.05, 0) is 30.9 Å². The molecule has 6 nitrogen and oxygen atoms in total. The number of aromatic nitrogens is 1. The normalized spacial score (nSPS) is 19.8. The van der Waals surface area contributed by atoms with Crippen molar-refractivity contribution in [3.8, 4) is 0 Å². The van der Waals surface area contributed by atoms with Crippen molar-refractivity contribution in [2.24, 2.45) is 11.7 Å². The number of hydrogen-bond donors (Lipinski definition) is 2. The van der Waals surface area contributed by atoms with E-state index in [0.717, 1.165) is 34.5 Å². The first-order chi connectivity index (χ1) is 12.0. The van der Waals surface area contributed by atoms with Gasteiger partial charge in [-0.3, -0.25) is 4.79 Å². The van der Waals surface area contributed by atoms with Gasteiger partial charge in [0, 0.05) is 6.54 Å². The lowest BCUT2D eigenvalue weighted by atomic mass is 9.97. The van der Waals surface area contributed by atoms with Crippen molar-refractivity contribution in [1.82, 2.24) is 15.2 Å². The van der Waals surface area contributed by atoms with E-state index in [0.29, 0.717) is 6.54 Å². The quantitative estimate of drug-likeness (QED) is 0.859. The van der Waals surface area contributed by atoms with E-state index in [1.807, 2.05) is 43.0 Å². The standard InChI is InChI=1S/C18H24N4O2S/c1-3-11(2)15(21-18(19)24)17(23)22-10-6-8-13(22)16-20-12-7-4-5-9-14(12)25-16/h4-5,7,9,11,13,15H,3,6,8,10H2,1-2H3,(H3,19,21,24)/t11-,13-,15+/m0/s1. The molecule has 2 heterocycles. The highest BCUT2D eigenvalue weighted by molar-refractivity contribution is 7.18. The highest BCUT2D eigenvalue weighted by atomic mass is 32.1. The molecule has 1 aliphatic heterocycles. The number of carbonyl (C=O) groups excluding carboxylic acids is 2. The zero-order valence-corrected chi connectivity index (χ0v) is 15.4. The number of primary amides is 1. The van der Waals surface area contributed by atoms with Crippen LogP contribution in [0.3, 0.4) is 0 Å². The Morgan fingerprint density at radius 1 is 1.44 bits per heavy atom. The summed E-state index contributed by atoms with van der Waals surface area (Å²) in [6.45, 7) is 4.65. The first-order valence-electron chi connectivity index (χ1n) is 8.73. The molecule has 3 N–H and O–H groups in total. The van der Waals surface area contributed by atoms with Crippen LogP contribution in [-0.2, 0) is 4.79 Å². The number of nitrogens with one attached hydrogen (secondary N) is 1. The van der Waals surface area contributed by atoms with Crippen LogP contribution in [-0.4, -0.2) is 34.4 Å². The molecular formula is C18H24N4O2S. The SMILES string of the molecule is CC[C@H](C)[C@@H](NC(N)=O)C(=O)N1CCC[C@H]1c1nc2ccccc2s1. The van der Waals surface area contributed by atoms with Crippen LogP contribution >= 0.6 is 11.3 Å². The summed E-state index contributed by atoms with van der Waals surface area (Å²) in [4.78, 5) is 31.1. The second kappa shape index (κ2) is 7.39. The average molecular weight is 360 g/mol. The molecule has 7 heteroatoms. The molecule has 0 aliphatic carbocycles. The zero-order chi connectivity index (χ0) is 18.0.